The highest BCUT2D eigenvalue weighted by atomic mass is 35.5. The Kier molecular flexibility index (Phi) is 3.41. The Labute approximate surface area is 121 Å². The van der Waals surface area contributed by atoms with E-state index in [1.165, 1.54) is 29.9 Å². The molecule has 0 saturated heterocycles. The van der Waals surface area contributed by atoms with E-state index in [1.54, 1.807) is 0 Å². The van der Waals surface area contributed by atoms with Crippen LogP contribution >= 0.6 is 23.1 Å². The number of benzene rings is 1. The molecule has 0 radical (unpaired) electrons. The molecule has 19 heavy (non-hydrogen) atoms. The fourth-order valence-electron chi connectivity index (χ4n) is 2.17. The lowest BCUT2D eigenvalue weighted by atomic mass is 10.0. The highest BCUT2D eigenvalue weighted by Crippen LogP contribution is 2.44. The molecule has 1 unspecified atom stereocenters. The molecule has 1 saturated carbocycles. The summed E-state index contributed by atoms with van der Waals surface area (Å²) in [7, 11) is 0. The van der Waals surface area contributed by atoms with Crippen molar-refractivity contribution in [2.45, 2.75) is 18.9 Å². The van der Waals surface area contributed by atoms with Crippen LogP contribution in [0.5, 0.6) is 0 Å². The van der Waals surface area contributed by atoms with Crippen molar-refractivity contribution in [3.8, 4) is 6.07 Å². The minimum atomic E-state index is 0.241. The van der Waals surface area contributed by atoms with Crippen molar-refractivity contribution < 1.29 is 0 Å². The molecule has 96 valence electrons. The van der Waals surface area contributed by atoms with Gasteiger partial charge in [0.1, 0.15) is 16.6 Å². The van der Waals surface area contributed by atoms with Crippen molar-refractivity contribution in [3.63, 3.8) is 0 Å². The molecule has 1 atom stereocenters. The molecule has 3 rings (SSSR count). The second-order valence-corrected chi connectivity index (χ2v) is 5.79. The second-order valence-electron chi connectivity index (χ2n) is 4.66. The first-order valence-electron chi connectivity index (χ1n) is 6.16. The van der Waals surface area contributed by atoms with Gasteiger partial charge in [-0.3, -0.25) is 0 Å². The third-order valence-electron chi connectivity index (χ3n) is 3.30. The summed E-state index contributed by atoms with van der Waals surface area (Å²) in [5.74, 6) is 0.634. The van der Waals surface area contributed by atoms with E-state index in [2.05, 4.69) is 27.9 Å². The van der Waals surface area contributed by atoms with Gasteiger partial charge in [0.2, 0.25) is 0 Å². The molecule has 1 N–H and O–H groups in total. The Hall–Kier alpha value is -1.57. The molecule has 0 aliphatic heterocycles. The summed E-state index contributed by atoms with van der Waals surface area (Å²) in [5.41, 5.74) is 1.70. The van der Waals surface area contributed by atoms with Gasteiger partial charge in [0, 0.05) is 0 Å². The maximum absolute atomic E-state index is 9.12. The van der Waals surface area contributed by atoms with Crippen LogP contribution in [0.15, 0.2) is 30.3 Å². The van der Waals surface area contributed by atoms with Crippen LogP contribution in [0.4, 0.5) is 5.00 Å². The van der Waals surface area contributed by atoms with Gasteiger partial charge in [-0.25, -0.2) is 0 Å². The summed E-state index contributed by atoms with van der Waals surface area (Å²) in [6.45, 7) is 0. The van der Waals surface area contributed by atoms with E-state index in [9.17, 15) is 0 Å². The number of aromatic nitrogens is 1. The quantitative estimate of drug-likeness (QED) is 0.916. The molecule has 1 aliphatic carbocycles. The maximum Gasteiger partial charge on any atom is 0.162 e. The fraction of sp³-hybridized carbons (Fsp3) is 0.286. The summed E-state index contributed by atoms with van der Waals surface area (Å²) >= 11 is 7.16. The van der Waals surface area contributed by atoms with Gasteiger partial charge in [0.25, 0.3) is 0 Å². The van der Waals surface area contributed by atoms with Crippen LogP contribution in [0.25, 0.3) is 0 Å². The first-order chi connectivity index (χ1) is 9.29. The number of nitrogens with zero attached hydrogens (tertiary/aromatic N) is 2. The molecule has 0 amide bonds. The third-order valence-corrected chi connectivity index (χ3v) is 4.45. The van der Waals surface area contributed by atoms with E-state index in [0.29, 0.717) is 11.5 Å². The Balaban J connectivity index is 1.89. The van der Waals surface area contributed by atoms with Crippen LogP contribution in [0.2, 0.25) is 5.15 Å². The van der Waals surface area contributed by atoms with Gasteiger partial charge in [0.15, 0.2) is 5.15 Å². The first kappa shape index (κ1) is 12.5. The largest absolute Gasteiger partial charge is 0.367 e. The minimum Gasteiger partial charge on any atom is -0.367 e. The highest BCUT2D eigenvalue weighted by molar-refractivity contribution is 7.10. The van der Waals surface area contributed by atoms with Crippen molar-refractivity contribution in [3.05, 3.63) is 46.6 Å². The smallest absolute Gasteiger partial charge is 0.162 e. The average molecular weight is 290 g/mol. The Morgan fingerprint density at radius 3 is 2.74 bits per heavy atom. The topological polar surface area (TPSA) is 48.7 Å². The summed E-state index contributed by atoms with van der Waals surface area (Å²) in [6, 6.07) is 12.7. The third kappa shape index (κ3) is 2.58. The van der Waals surface area contributed by atoms with Crippen molar-refractivity contribution in [2.24, 2.45) is 5.92 Å². The van der Waals surface area contributed by atoms with Crippen LogP contribution in [0.1, 0.15) is 30.0 Å². The number of rotatable bonds is 4. The van der Waals surface area contributed by atoms with Crippen LogP contribution in [0, 0.1) is 17.2 Å². The lowest BCUT2D eigenvalue weighted by Gasteiger charge is -2.18. The van der Waals surface area contributed by atoms with Gasteiger partial charge in [-0.15, -0.1) is 0 Å². The summed E-state index contributed by atoms with van der Waals surface area (Å²) < 4.78 is 4.04. The van der Waals surface area contributed by atoms with Crippen LogP contribution in [-0.4, -0.2) is 4.37 Å². The monoisotopic (exact) mass is 289 g/mol. The number of nitriles is 1. The number of anilines is 1. The summed E-state index contributed by atoms with van der Waals surface area (Å²) in [4.78, 5) is 0. The number of hydrogen-bond donors (Lipinski definition) is 1. The molecule has 1 aromatic carbocycles. The molecule has 1 heterocycles. The molecule has 2 aromatic rings. The molecule has 3 nitrogen and oxygen atoms in total. The Morgan fingerprint density at radius 2 is 2.11 bits per heavy atom. The maximum atomic E-state index is 9.12. The Morgan fingerprint density at radius 1 is 1.37 bits per heavy atom. The lowest BCUT2D eigenvalue weighted by Crippen LogP contribution is -2.12. The van der Waals surface area contributed by atoms with Gasteiger partial charge >= 0.3 is 0 Å². The zero-order chi connectivity index (χ0) is 13.2. The number of nitrogens with one attached hydrogen (secondary N) is 1. The normalized spacial score (nSPS) is 15.8. The van der Waals surface area contributed by atoms with E-state index in [4.69, 9.17) is 16.9 Å². The first-order valence-corrected chi connectivity index (χ1v) is 7.31. The summed E-state index contributed by atoms with van der Waals surface area (Å²) in [6.07, 6.45) is 2.45. The SMILES string of the molecule is N#Cc1c(Cl)nsc1NC(c1ccccc1)C1CC1. The van der Waals surface area contributed by atoms with Crippen LogP contribution in [-0.2, 0) is 0 Å². The molecular weight excluding hydrogens is 278 g/mol. The standard InChI is InChI=1S/C14H12ClN3S/c15-13-11(8-16)14(19-18-13)17-12(10-6-7-10)9-4-2-1-3-5-9/h1-5,10,12,17H,6-7H2. The molecule has 1 fully saturated rings. The second kappa shape index (κ2) is 5.20. The van der Waals surface area contributed by atoms with E-state index < -0.39 is 0 Å². The minimum absolute atomic E-state index is 0.241. The number of halogens is 1. The molecule has 5 heteroatoms. The van der Waals surface area contributed by atoms with Crippen molar-refractivity contribution >= 4 is 28.1 Å². The Bertz CT molecular complexity index is 613. The predicted molar refractivity (Wildman–Crippen MR) is 77.4 cm³/mol. The van der Waals surface area contributed by atoms with Gasteiger partial charge in [0.05, 0.1) is 6.04 Å². The van der Waals surface area contributed by atoms with Crippen molar-refractivity contribution in [1.29, 1.82) is 5.26 Å². The highest BCUT2D eigenvalue weighted by Gasteiger charge is 2.33. The van der Waals surface area contributed by atoms with E-state index in [0.717, 1.165) is 5.00 Å². The van der Waals surface area contributed by atoms with Gasteiger partial charge < -0.3 is 5.32 Å². The van der Waals surface area contributed by atoms with Crippen molar-refractivity contribution in [2.75, 3.05) is 5.32 Å². The molecular formula is C14H12ClN3S. The predicted octanol–water partition coefficient (Wildman–Crippen LogP) is 4.23. The van der Waals surface area contributed by atoms with Gasteiger partial charge in [-0.2, -0.15) is 9.64 Å². The zero-order valence-corrected chi connectivity index (χ0v) is 11.7. The molecule has 1 aliphatic rings. The summed E-state index contributed by atoms with van der Waals surface area (Å²) in [5, 5.41) is 13.6. The van der Waals surface area contributed by atoms with Crippen molar-refractivity contribution in [1.82, 2.24) is 4.37 Å². The van der Waals surface area contributed by atoms with Gasteiger partial charge in [-0.1, -0.05) is 41.9 Å². The molecule has 1 aromatic heterocycles. The molecule has 0 spiro atoms. The zero-order valence-electron chi connectivity index (χ0n) is 10.1. The molecule has 0 bridgehead atoms. The van der Waals surface area contributed by atoms with E-state index >= 15 is 0 Å². The fourth-order valence-corrected chi connectivity index (χ4v) is 3.14. The van der Waals surface area contributed by atoms with Crippen LogP contribution in [0.3, 0.4) is 0 Å². The lowest BCUT2D eigenvalue weighted by molar-refractivity contribution is 0.681. The van der Waals surface area contributed by atoms with E-state index in [1.807, 2.05) is 18.2 Å². The average Bonchev–Trinajstić information content (AvgIpc) is 3.22. The van der Waals surface area contributed by atoms with E-state index in [-0.39, 0.29) is 11.2 Å². The number of hydrogen-bond acceptors (Lipinski definition) is 4. The van der Waals surface area contributed by atoms with Crippen LogP contribution < -0.4 is 5.32 Å². The van der Waals surface area contributed by atoms with Gasteiger partial charge in [-0.05, 0) is 35.9 Å².